The van der Waals surface area contributed by atoms with E-state index in [4.69, 9.17) is 4.98 Å². The van der Waals surface area contributed by atoms with Gasteiger partial charge in [0, 0.05) is 29.4 Å². The minimum Gasteiger partial charge on any atom is -0.367 e. The molecule has 22 heavy (non-hydrogen) atoms. The third-order valence-electron chi connectivity index (χ3n) is 4.22. The van der Waals surface area contributed by atoms with Gasteiger partial charge in [0.25, 0.3) is 0 Å². The highest BCUT2D eigenvalue weighted by Gasteiger charge is 2.28. The second kappa shape index (κ2) is 5.37. The van der Waals surface area contributed by atoms with Crippen molar-refractivity contribution in [3.63, 3.8) is 0 Å². The molecule has 1 N–H and O–H groups in total. The lowest BCUT2D eigenvalue weighted by atomic mass is 10.1. The van der Waals surface area contributed by atoms with Crippen molar-refractivity contribution in [1.82, 2.24) is 15.0 Å². The summed E-state index contributed by atoms with van der Waals surface area (Å²) in [7, 11) is 0. The Labute approximate surface area is 129 Å². The number of pyridine rings is 1. The molecule has 2 aromatic heterocycles. The van der Waals surface area contributed by atoms with Crippen molar-refractivity contribution in [3.05, 3.63) is 48.8 Å². The standard InChI is InChI=1S/C18H18N4/c1-12(13-8-9-13)20-18-15-6-2-3-7-16(15)21-17(22-18)14-5-4-10-19-11-14/h2-7,10-13H,8-9H2,1H3,(H,20,21,22)/t12-/m1/s1. The lowest BCUT2D eigenvalue weighted by Gasteiger charge is -2.16. The number of rotatable bonds is 4. The molecule has 3 aromatic rings. The zero-order valence-electron chi connectivity index (χ0n) is 12.5. The van der Waals surface area contributed by atoms with E-state index in [0.717, 1.165) is 34.0 Å². The van der Waals surface area contributed by atoms with Crippen molar-refractivity contribution in [2.24, 2.45) is 5.92 Å². The van der Waals surface area contributed by atoms with Gasteiger partial charge in [0.2, 0.25) is 0 Å². The fourth-order valence-electron chi connectivity index (χ4n) is 2.74. The van der Waals surface area contributed by atoms with E-state index in [1.54, 1.807) is 12.4 Å². The minimum absolute atomic E-state index is 0.444. The second-order valence-electron chi connectivity index (χ2n) is 5.93. The molecule has 0 spiro atoms. The maximum absolute atomic E-state index is 4.76. The zero-order chi connectivity index (χ0) is 14.9. The van der Waals surface area contributed by atoms with Crippen LogP contribution in [0.5, 0.6) is 0 Å². The van der Waals surface area contributed by atoms with Gasteiger partial charge in [-0.3, -0.25) is 4.98 Å². The summed E-state index contributed by atoms with van der Waals surface area (Å²) >= 11 is 0. The highest BCUT2D eigenvalue weighted by atomic mass is 15.1. The van der Waals surface area contributed by atoms with Crippen LogP contribution in [-0.4, -0.2) is 21.0 Å². The van der Waals surface area contributed by atoms with Crippen LogP contribution in [0.2, 0.25) is 0 Å². The summed E-state index contributed by atoms with van der Waals surface area (Å²) in [4.78, 5) is 13.6. The van der Waals surface area contributed by atoms with Crippen LogP contribution < -0.4 is 5.32 Å². The van der Waals surface area contributed by atoms with Crippen LogP contribution in [0.15, 0.2) is 48.8 Å². The summed E-state index contributed by atoms with van der Waals surface area (Å²) in [6.07, 6.45) is 6.19. The predicted molar refractivity (Wildman–Crippen MR) is 88.6 cm³/mol. The molecule has 0 unspecified atom stereocenters. The van der Waals surface area contributed by atoms with Crippen LogP contribution in [0.4, 0.5) is 5.82 Å². The van der Waals surface area contributed by atoms with Crippen LogP contribution in [0.25, 0.3) is 22.3 Å². The lowest BCUT2D eigenvalue weighted by Crippen LogP contribution is -2.18. The van der Waals surface area contributed by atoms with E-state index in [1.165, 1.54) is 12.8 Å². The Hall–Kier alpha value is -2.49. The Morgan fingerprint density at radius 1 is 1.09 bits per heavy atom. The molecule has 4 nitrogen and oxygen atoms in total. The van der Waals surface area contributed by atoms with Gasteiger partial charge in [0.1, 0.15) is 5.82 Å². The van der Waals surface area contributed by atoms with Crippen molar-refractivity contribution in [2.75, 3.05) is 5.32 Å². The SMILES string of the molecule is C[C@@H](Nc1nc(-c2cccnc2)nc2ccccc12)C1CC1. The molecule has 4 rings (SSSR count). The van der Waals surface area contributed by atoms with Crippen LogP contribution in [0, 0.1) is 5.92 Å². The summed E-state index contributed by atoms with van der Waals surface area (Å²) in [5, 5.41) is 4.66. The average molecular weight is 290 g/mol. The molecule has 1 aliphatic carbocycles. The van der Waals surface area contributed by atoms with Crippen LogP contribution in [0.1, 0.15) is 19.8 Å². The van der Waals surface area contributed by atoms with Gasteiger partial charge in [-0.2, -0.15) is 0 Å². The number of fused-ring (bicyclic) bond motifs is 1. The maximum Gasteiger partial charge on any atom is 0.163 e. The summed E-state index contributed by atoms with van der Waals surface area (Å²) in [5.74, 6) is 2.41. The molecule has 0 bridgehead atoms. The number of hydrogen-bond acceptors (Lipinski definition) is 4. The van der Waals surface area contributed by atoms with Gasteiger partial charge in [-0.1, -0.05) is 12.1 Å². The summed E-state index contributed by atoms with van der Waals surface area (Å²) in [6.45, 7) is 2.23. The lowest BCUT2D eigenvalue weighted by molar-refractivity contribution is 0.691. The molecule has 1 atom stereocenters. The minimum atomic E-state index is 0.444. The van der Waals surface area contributed by atoms with Gasteiger partial charge in [0.05, 0.1) is 5.52 Å². The molecular weight excluding hydrogens is 272 g/mol. The fourth-order valence-corrected chi connectivity index (χ4v) is 2.74. The van der Waals surface area contributed by atoms with E-state index < -0.39 is 0 Å². The topological polar surface area (TPSA) is 50.7 Å². The Morgan fingerprint density at radius 3 is 2.73 bits per heavy atom. The Balaban J connectivity index is 1.82. The first kappa shape index (κ1) is 13.2. The quantitative estimate of drug-likeness (QED) is 0.791. The smallest absolute Gasteiger partial charge is 0.163 e. The van der Waals surface area contributed by atoms with Crippen molar-refractivity contribution in [3.8, 4) is 11.4 Å². The average Bonchev–Trinajstić information content (AvgIpc) is 3.40. The number of hydrogen-bond donors (Lipinski definition) is 1. The van der Waals surface area contributed by atoms with Gasteiger partial charge >= 0.3 is 0 Å². The van der Waals surface area contributed by atoms with E-state index in [9.17, 15) is 0 Å². The molecule has 110 valence electrons. The molecule has 0 amide bonds. The largest absolute Gasteiger partial charge is 0.367 e. The van der Waals surface area contributed by atoms with Gasteiger partial charge in [-0.15, -0.1) is 0 Å². The number of benzene rings is 1. The monoisotopic (exact) mass is 290 g/mol. The van der Waals surface area contributed by atoms with Crippen LogP contribution in [0.3, 0.4) is 0 Å². The first-order chi connectivity index (χ1) is 10.8. The Bertz CT molecular complexity index is 797. The fraction of sp³-hybridized carbons (Fsp3) is 0.278. The Kier molecular flexibility index (Phi) is 3.22. The first-order valence-electron chi connectivity index (χ1n) is 7.75. The number of nitrogens with one attached hydrogen (secondary N) is 1. The zero-order valence-corrected chi connectivity index (χ0v) is 12.5. The van der Waals surface area contributed by atoms with Gasteiger partial charge in [-0.25, -0.2) is 9.97 Å². The number of anilines is 1. The normalized spacial score (nSPS) is 15.7. The maximum atomic E-state index is 4.76. The molecule has 1 aromatic carbocycles. The third kappa shape index (κ3) is 2.52. The molecule has 1 saturated carbocycles. The highest BCUT2D eigenvalue weighted by molar-refractivity contribution is 5.90. The Morgan fingerprint density at radius 2 is 1.95 bits per heavy atom. The van der Waals surface area contributed by atoms with Crippen molar-refractivity contribution >= 4 is 16.7 Å². The van der Waals surface area contributed by atoms with E-state index >= 15 is 0 Å². The summed E-state index contributed by atoms with van der Waals surface area (Å²) < 4.78 is 0. The predicted octanol–water partition coefficient (Wildman–Crippen LogP) is 3.90. The van der Waals surface area contributed by atoms with E-state index in [-0.39, 0.29) is 0 Å². The molecule has 1 aliphatic rings. The van der Waals surface area contributed by atoms with Crippen molar-refractivity contribution in [1.29, 1.82) is 0 Å². The number of nitrogens with zero attached hydrogens (tertiary/aromatic N) is 3. The van der Waals surface area contributed by atoms with Crippen molar-refractivity contribution in [2.45, 2.75) is 25.8 Å². The first-order valence-corrected chi connectivity index (χ1v) is 7.75. The molecule has 1 fully saturated rings. The van der Waals surface area contributed by atoms with Gasteiger partial charge in [-0.05, 0) is 49.9 Å². The number of aromatic nitrogens is 3. The molecule has 4 heteroatoms. The highest BCUT2D eigenvalue weighted by Crippen LogP contribution is 2.35. The van der Waals surface area contributed by atoms with E-state index in [1.807, 2.05) is 30.3 Å². The molecule has 2 heterocycles. The van der Waals surface area contributed by atoms with E-state index in [2.05, 4.69) is 28.3 Å². The second-order valence-corrected chi connectivity index (χ2v) is 5.93. The summed E-state index contributed by atoms with van der Waals surface area (Å²) in [6, 6.07) is 12.5. The summed E-state index contributed by atoms with van der Waals surface area (Å²) in [5.41, 5.74) is 1.90. The number of para-hydroxylation sites is 1. The molecule has 0 aliphatic heterocycles. The van der Waals surface area contributed by atoms with Crippen molar-refractivity contribution < 1.29 is 0 Å². The van der Waals surface area contributed by atoms with Crippen LogP contribution >= 0.6 is 0 Å². The molecular formula is C18H18N4. The van der Waals surface area contributed by atoms with Crippen LogP contribution in [-0.2, 0) is 0 Å². The molecule has 0 radical (unpaired) electrons. The van der Waals surface area contributed by atoms with Gasteiger partial charge < -0.3 is 5.32 Å². The van der Waals surface area contributed by atoms with E-state index in [0.29, 0.717) is 6.04 Å². The third-order valence-corrected chi connectivity index (χ3v) is 4.22. The molecule has 0 saturated heterocycles. The van der Waals surface area contributed by atoms with Gasteiger partial charge in [0.15, 0.2) is 5.82 Å².